The minimum absolute atomic E-state index is 0.149. The lowest BCUT2D eigenvalue weighted by molar-refractivity contribution is 0.0598. The van der Waals surface area contributed by atoms with Crippen molar-refractivity contribution in [2.75, 3.05) is 13.7 Å². The average molecular weight is 489 g/mol. The number of benzene rings is 2. The molecule has 0 radical (unpaired) electrons. The monoisotopic (exact) mass is 488 g/mol. The zero-order valence-electron chi connectivity index (χ0n) is 20.2. The molecule has 1 N–H and O–H groups in total. The van der Waals surface area contributed by atoms with Gasteiger partial charge in [-0.3, -0.25) is 0 Å². The Morgan fingerprint density at radius 2 is 1.75 bits per heavy atom. The van der Waals surface area contributed by atoms with Crippen LogP contribution in [0.15, 0.2) is 48.5 Å². The summed E-state index contributed by atoms with van der Waals surface area (Å²) in [5, 5.41) is 10.1. The average Bonchev–Trinajstić information content (AvgIpc) is 3.30. The Morgan fingerprint density at radius 3 is 2.50 bits per heavy atom. The molecule has 0 aliphatic carbocycles. The van der Waals surface area contributed by atoms with Crippen LogP contribution in [0.5, 0.6) is 0 Å². The molecule has 2 aliphatic rings. The number of nitrogens with zero attached hydrogens (tertiary/aromatic N) is 2. The summed E-state index contributed by atoms with van der Waals surface area (Å²) in [5.41, 5.74) is 5.52. The molecule has 0 saturated carbocycles. The molecule has 2 aromatic carbocycles. The maximum Gasteiger partial charge on any atom is 0.410 e. The molecule has 0 saturated heterocycles. The number of carboxylic acids is 1. The Hall–Kier alpha value is -4.07. The summed E-state index contributed by atoms with van der Waals surface area (Å²) >= 11 is 0. The van der Waals surface area contributed by atoms with E-state index < -0.39 is 18.0 Å². The molecule has 2 aliphatic heterocycles. The molecule has 0 bridgehead atoms. The van der Waals surface area contributed by atoms with Crippen molar-refractivity contribution in [2.45, 2.75) is 45.4 Å². The fourth-order valence-electron chi connectivity index (χ4n) is 5.15. The lowest BCUT2D eigenvalue weighted by atomic mass is 9.92. The van der Waals surface area contributed by atoms with Crippen LogP contribution >= 0.6 is 0 Å². The van der Waals surface area contributed by atoms with Crippen LogP contribution in [-0.2, 0) is 42.0 Å². The fourth-order valence-corrected chi connectivity index (χ4v) is 5.15. The molecule has 0 unspecified atom stereocenters. The Labute approximate surface area is 209 Å². The topological polar surface area (TPSA) is 98.1 Å². The van der Waals surface area contributed by atoms with Gasteiger partial charge in [-0.25, -0.2) is 14.4 Å². The van der Waals surface area contributed by atoms with Gasteiger partial charge in [0, 0.05) is 36.6 Å². The van der Waals surface area contributed by atoms with Crippen molar-refractivity contribution >= 4 is 18.0 Å². The number of aromatic nitrogens is 1. The van der Waals surface area contributed by atoms with Gasteiger partial charge in [0.15, 0.2) is 0 Å². The van der Waals surface area contributed by atoms with Gasteiger partial charge in [0.2, 0.25) is 0 Å². The largest absolute Gasteiger partial charge is 0.478 e. The standard InChI is InChI=1S/C28H28N2O6/c1-35-27(33)23-15-25(30-11-6-5-9-24(23)30)21-13-19-10-12-29(16-20(19)14-22(21)26(31)32)28(34)36-17-18-7-3-2-4-8-18/h2-4,7-8,13-15H,5-6,9-12,16-17H2,1H3,(H,31,32). The highest BCUT2D eigenvalue weighted by molar-refractivity contribution is 5.98. The number of carbonyl (C=O) groups is 3. The molecule has 3 heterocycles. The highest BCUT2D eigenvalue weighted by Gasteiger charge is 2.29. The molecule has 8 nitrogen and oxygen atoms in total. The molecular formula is C28H28N2O6. The predicted octanol–water partition coefficient (Wildman–Crippen LogP) is 4.67. The summed E-state index contributed by atoms with van der Waals surface area (Å²) in [6, 6.07) is 14.8. The molecule has 0 atom stereocenters. The maximum absolute atomic E-state index is 12.7. The maximum atomic E-state index is 12.7. The van der Waals surface area contributed by atoms with Crippen LogP contribution in [-0.4, -0.2) is 46.3 Å². The number of hydrogen-bond donors (Lipinski definition) is 1. The number of carboxylic acid groups (broad SMARTS) is 1. The van der Waals surface area contributed by atoms with Crippen LogP contribution in [0, 0.1) is 0 Å². The second-order valence-electron chi connectivity index (χ2n) is 9.17. The molecule has 3 aromatic rings. The lowest BCUT2D eigenvalue weighted by Crippen LogP contribution is -2.36. The van der Waals surface area contributed by atoms with Crippen molar-refractivity contribution in [3.63, 3.8) is 0 Å². The van der Waals surface area contributed by atoms with Crippen molar-refractivity contribution in [1.29, 1.82) is 0 Å². The van der Waals surface area contributed by atoms with Crippen LogP contribution in [0.3, 0.4) is 0 Å². The van der Waals surface area contributed by atoms with Crippen molar-refractivity contribution in [2.24, 2.45) is 0 Å². The summed E-state index contributed by atoms with van der Waals surface area (Å²) in [7, 11) is 1.35. The molecule has 186 valence electrons. The van der Waals surface area contributed by atoms with Crippen LogP contribution in [0.1, 0.15) is 55.9 Å². The number of methoxy groups -OCH3 is 1. The molecule has 8 heteroatoms. The lowest BCUT2D eigenvalue weighted by Gasteiger charge is -2.29. The number of hydrogen-bond acceptors (Lipinski definition) is 5. The molecule has 36 heavy (non-hydrogen) atoms. The Bertz CT molecular complexity index is 1330. The van der Waals surface area contributed by atoms with Gasteiger partial charge in [0.05, 0.1) is 18.2 Å². The zero-order valence-corrected chi connectivity index (χ0v) is 20.2. The van der Waals surface area contributed by atoms with E-state index in [1.54, 1.807) is 17.0 Å². The number of aromatic carboxylic acids is 1. The van der Waals surface area contributed by atoms with E-state index in [1.807, 2.05) is 36.4 Å². The first-order valence-electron chi connectivity index (χ1n) is 12.1. The smallest absolute Gasteiger partial charge is 0.410 e. The van der Waals surface area contributed by atoms with Crippen LogP contribution < -0.4 is 0 Å². The Balaban J connectivity index is 1.44. The fraction of sp³-hybridized carbons (Fsp3) is 0.321. The molecular weight excluding hydrogens is 460 g/mol. The summed E-state index contributed by atoms with van der Waals surface area (Å²) in [4.78, 5) is 39.0. The third kappa shape index (κ3) is 4.46. The Morgan fingerprint density at radius 1 is 0.944 bits per heavy atom. The van der Waals surface area contributed by atoms with E-state index in [0.717, 1.165) is 53.9 Å². The minimum atomic E-state index is -1.05. The molecule has 0 spiro atoms. The van der Waals surface area contributed by atoms with Crippen LogP contribution in [0.4, 0.5) is 4.79 Å². The predicted molar refractivity (Wildman–Crippen MR) is 132 cm³/mol. The molecule has 0 fully saturated rings. The van der Waals surface area contributed by atoms with E-state index in [4.69, 9.17) is 9.47 Å². The normalized spacial score (nSPS) is 14.5. The quantitative estimate of drug-likeness (QED) is 0.524. The van der Waals surface area contributed by atoms with Gasteiger partial charge in [-0.15, -0.1) is 0 Å². The minimum Gasteiger partial charge on any atom is -0.478 e. The number of ether oxygens (including phenoxy) is 2. The summed E-state index contributed by atoms with van der Waals surface area (Å²) < 4.78 is 12.5. The van der Waals surface area contributed by atoms with E-state index in [-0.39, 0.29) is 18.7 Å². The van der Waals surface area contributed by atoms with Gasteiger partial charge < -0.3 is 24.0 Å². The number of amides is 1. The van der Waals surface area contributed by atoms with Crippen molar-refractivity contribution in [3.8, 4) is 11.3 Å². The van der Waals surface area contributed by atoms with E-state index in [9.17, 15) is 19.5 Å². The van der Waals surface area contributed by atoms with Crippen molar-refractivity contribution in [3.05, 3.63) is 82.0 Å². The van der Waals surface area contributed by atoms with Gasteiger partial charge in [-0.05, 0) is 60.6 Å². The summed E-state index contributed by atoms with van der Waals surface area (Å²) in [6.07, 6.45) is 2.84. The molecule has 1 amide bonds. The summed E-state index contributed by atoms with van der Waals surface area (Å²) in [6.45, 7) is 1.67. The highest BCUT2D eigenvalue weighted by atomic mass is 16.6. The second-order valence-corrected chi connectivity index (χ2v) is 9.17. The first kappa shape index (κ1) is 23.7. The Kier molecular flexibility index (Phi) is 6.50. The number of esters is 1. The van der Waals surface area contributed by atoms with Crippen LogP contribution in [0.25, 0.3) is 11.3 Å². The van der Waals surface area contributed by atoms with Gasteiger partial charge in [0.25, 0.3) is 0 Å². The van der Waals surface area contributed by atoms with Crippen molar-refractivity contribution in [1.82, 2.24) is 9.47 Å². The van der Waals surface area contributed by atoms with Gasteiger partial charge in [0.1, 0.15) is 6.61 Å². The highest BCUT2D eigenvalue weighted by Crippen LogP contribution is 2.35. The van der Waals surface area contributed by atoms with Gasteiger partial charge >= 0.3 is 18.0 Å². The van der Waals surface area contributed by atoms with E-state index >= 15 is 0 Å². The van der Waals surface area contributed by atoms with Gasteiger partial charge in [-0.2, -0.15) is 0 Å². The van der Waals surface area contributed by atoms with Crippen molar-refractivity contribution < 1.29 is 29.0 Å². The van der Waals surface area contributed by atoms with E-state index in [1.165, 1.54) is 7.11 Å². The molecule has 1 aromatic heterocycles. The summed E-state index contributed by atoms with van der Waals surface area (Å²) in [5.74, 6) is -1.46. The third-order valence-electron chi connectivity index (χ3n) is 6.98. The third-order valence-corrected chi connectivity index (χ3v) is 6.98. The second kappa shape index (κ2) is 9.89. The van der Waals surface area contributed by atoms with E-state index in [0.29, 0.717) is 24.1 Å². The zero-order chi connectivity index (χ0) is 25.2. The number of fused-ring (bicyclic) bond motifs is 2. The first-order chi connectivity index (χ1) is 17.5. The molecule has 5 rings (SSSR count). The SMILES string of the molecule is COC(=O)c1cc(-c2cc3c(cc2C(=O)O)CN(C(=O)OCc2ccccc2)CC3)n2c1CCCC2. The first-order valence-corrected chi connectivity index (χ1v) is 12.1. The van der Waals surface area contributed by atoms with Gasteiger partial charge in [-0.1, -0.05) is 30.3 Å². The van der Waals surface area contributed by atoms with Crippen LogP contribution in [0.2, 0.25) is 0 Å². The number of carbonyl (C=O) groups excluding carboxylic acids is 2. The number of rotatable bonds is 5. The van der Waals surface area contributed by atoms with E-state index in [2.05, 4.69) is 4.57 Å².